The summed E-state index contributed by atoms with van der Waals surface area (Å²) in [6, 6.07) is 8.48. The standard InChI is InChI=1S/C29H32F2N6O3/c1-39-20-5-7-36(16-20)15-19-12-18(2-3-24(19)37-8-10-40-11-9-37)25-27(31)35-28(32)26(34-25)22-13-17-4-6-33-29(38)21(17)14-23(22)30/h2-3,12-14,20H,4-11,15-16H2,1H3,(H2,32,35)(H,33,38)/t20-/m1/s1. The molecule has 3 N–H and O–H groups in total. The van der Waals surface area contributed by atoms with Crippen molar-refractivity contribution in [2.75, 3.05) is 63.7 Å². The summed E-state index contributed by atoms with van der Waals surface area (Å²) in [5, 5.41) is 2.71. The number of ether oxygens (including phenoxy) is 2. The van der Waals surface area contributed by atoms with Gasteiger partial charge in [-0.1, -0.05) is 6.07 Å². The number of likely N-dealkylation sites (tertiary alicyclic amines) is 1. The number of morpholine rings is 1. The molecule has 1 amide bonds. The van der Waals surface area contributed by atoms with Gasteiger partial charge >= 0.3 is 0 Å². The van der Waals surface area contributed by atoms with E-state index in [1.165, 1.54) is 6.07 Å². The number of nitrogens with two attached hydrogens (primary N) is 1. The van der Waals surface area contributed by atoms with Gasteiger partial charge in [0.1, 0.15) is 17.2 Å². The van der Waals surface area contributed by atoms with Crippen LogP contribution in [0.25, 0.3) is 22.5 Å². The van der Waals surface area contributed by atoms with E-state index < -0.39 is 11.8 Å². The Morgan fingerprint density at radius 2 is 1.93 bits per heavy atom. The Bertz CT molecular complexity index is 1450. The number of rotatable bonds is 6. The maximum Gasteiger partial charge on any atom is 0.251 e. The lowest BCUT2D eigenvalue weighted by Crippen LogP contribution is -2.37. The van der Waals surface area contributed by atoms with Crippen LogP contribution in [0.1, 0.15) is 27.9 Å². The number of amides is 1. The molecule has 3 aromatic rings. The number of aromatic nitrogens is 2. The largest absolute Gasteiger partial charge is 0.382 e. The molecule has 0 unspecified atom stereocenters. The third-order valence-electron chi connectivity index (χ3n) is 7.91. The second-order valence-corrected chi connectivity index (χ2v) is 10.4. The number of carbonyl (C=O) groups excluding carboxylic acids is 1. The van der Waals surface area contributed by atoms with E-state index in [0.29, 0.717) is 43.9 Å². The predicted molar refractivity (Wildman–Crippen MR) is 147 cm³/mol. The molecular weight excluding hydrogens is 518 g/mol. The number of hydrogen-bond acceptors (Lipinski definition) is 8. The Kier molecular flexibility index (Phi) is 7.35. The zero-order valence-electron chi connectivity index (χ0n) is 22.4. The van der Waals surface area contributed by atoms with Crippen molar-refractivity contribution >= 4 is 17.4 Å². The fraction of sp³-hybridized carbons (Fsp3) is 0.414. The van der Waals surface area contributed by atoms with Crippen LogP contribution in [-0.2, 0) is 22.4 Å². The molecule has 210 valence electrons. The first-order valence-corrected chi connectivity index (χ1v) is 13.6. The van der Waals surface area contributed by atoms with Crippen molar-refractivity contribution in [3.63, 3.8) is 0 Å². The lowest BCUT2D eigenvalue weighted by molar-refractivity contribution is 0.0945. The van der Waals surface area contributed by atoms with Gasteiger partial charge in [-0.15, -0.1) is 0 Å². The van der Waals surface area contributed by atoms with Gasteiger partial charge in [-0.2, -0.15) is 9.37 Å². The second kappa shape index (κ2) is 11.1. The molecule has 1 aromatic heterocycles. The Morgan fingerprint density at radius 1 is 1.10 bits per heavy atom. The van der Waals surface area contributed by atoms with Crippen LogP contribution >= 0.6 is 0 Å². The van der Waals surface area contributed by atoms with Crippen molar-refractivity contribution in [3.05, 3.63) is 58.8 Å². The minimum Gasteiger partial charge on any atom is -0.382 e. The number of carbonyl (C=O) groups is 1. The van der Waals surface area contributed by atoms with E-state index in [1.54, 1.807) is 13.2 Å². The Hall–Kier alpha value is -3.67. The minimum atomic E-state index is -0.829. The molecule has 40 heavy (non-hydrogen) atoms. The highest BCUT2D eigenvalue weighted by molar-refractivity contribution is 5.97. The highest BCUT2D eigenvalue weighted by Crippen LogP contribution is 2.34. The van der Waals surface area contributed by atoms with Gasteiger partial charge in [-0.25, -0.2) is 9.37 Å². The normalized spacial score (nSPS) is 19.5. The van der Waals surface area contributed by atoms with Gasteiger partial charge in [-0.05, 0) is 48.2 Å². The summed E-state index contributed by atoms with van der Waals surface area (Å²) in [6.07, 6.45) is 1.69. The summed E-state index contributed by atoms with van der Waals surface area (Å²) in [4.78, 5) is 25.2. The van der Waals surface area contributed by atoms with E-state index in [9.17, 15) is 4.79 Å². The van der Waals surface area contributed by atoms with Gasteiger partial charge in [0.15, 0.2) is 5.82 Å². The molecule has 9 nitrogen and oxygen atoms in total. The summed E-state index contributed by atoms with van der Waals surface area (Å²) < 4.78 is 41.6. The van der Waals surface area contributed by atoms with Crippen molar-refractivity contribution in [2.24, 2.45) is 0 Å². The molecule has 0 aliphatic carbocycles. The van der Waals surface area contributed by atoms with Crippen LogP contribution in [0, 0.1) is 11.8 Å². The van der Waals surface area contributed by atoms with E-state index in [1.807, 2.05) is 18.2 Å². The quantitative estimate of drug-likeness (QED) is 0.483. The molecule has 0 radical (unpaired) electrons. The van der Waals surface area contributed by atoms with Crippen LogP contribution in [0.2, 0.25) is 0 Å². The first-order valence-electron chi connectivity index (χ1n) is 13.6. The number of benzene rings is 2. The summed E-state index contributed by atoms with van der Waals surface area (Å²) in [6.45, 7) is 5.66. The first kappa shape index (κ1) is 26.5. The van der Waals surface area contributed by atoms with E-state index in [4.69, 9.17) is 15.2 Å². The number of nitrogens with zero attached hydrogens (tertiary/aromatic N) is 4. The lowest BCUT2D eigenvalue weighted by atomic mass is 9.96. The van der Waals surface area contributed by atoms with Gasteiger partial charge < -0.3 is 25.4 Å². The SMILES string of the molecule is CO[C@@H]1CCN(Cc2cc(-c3nc(-c4cc5c(cc4F)C(=O)NCC5)c(N)nc3F)ccc2N2CCOCC2)C1. The predicted octanol–water partition coefficient (Wildman–Crippen LogP) is 3.01. The van der Waals surface area contributed by atoms with Crippen molar-refractivity contribution in [1.29, 1.82) is 0 Å². The third kappa shape index (κ3) is 5.12. The van der Waals surface area contributed by atoms with Crippen LogP contribution in [0.4, 0.5) is 20.3 Å². The summed E-state index contributed by atoms with van der Waals surface area (Å²) >= 11 is 0. The molecule has 0 spiro atoms. The maximum atomic E-state index is 15.3. The molecule has 1 atom stereocenters. The second-order valence-electron chi connectivity index (χ2n) is 10.4. The molecule has 2 saturated heterocycles. The number of fused-ring (bicyclic) bond motifs is 1. The Balaban J connectivity index is 1.40. The van der Waals surface area contributed by atoms with Crippen LogP contribution in [0.15, 0.2) is 30.3 Å². The van der Waals surface area contributed by atoms with E-state index in [-0.39, 0.29) is 40.3 Å². The molecular formula is C29H32F2N6O3. The van der Waals surface area contributed by atoms with Gasteiger partial charge in [0.25, 0.3) is 5.91 Å². The molecule has 2 fully saturated rings. The minimum absolute atomic E-state index is 0.00923. The van der Waals surface area contributed by atoms with Gasteiger partial charge in [0, 0.05) is 68.8 Å². The average molecular weight is 551 g/mol. The van der Waals surface area contributed by atoms with Crippen LogP contribution < -0.4 is 16.0 Å². The highest BCUT2D eigenvalue weighted by Gasteiger charge is 2.26. The molecule has 11 heteroatoms. The Labute approximate surface area is 231 Å². The molecule has 0 bridgehead atoms. The summed E-state index contributed by atoms with van der Waals surface area (Å²) in [7, 11) is 1.73. The van der Waals surface area contributed by atoms with Crippen molar-refractivity contribution in [3.8, 4) is 22.5 Å². The summed E-state index contributed by atoms with van der Waals surface area (Å²) in [5.41, 5.74) is 9.78. The van der Waals surface area contributed by atoms with Gasteiger partial charge in [-0.3, -0.25) is 9.69 Å². The fourth-order valence-corrected chi connectivity index (χ4v) is 5.78. The van der Waals surface area contributed by atoms with Crippen molar-refractivity contribution in [1.82, 2.24) is 20.2 Å². The maximum absolute atomic E-state index is 15.3. The molecule has 3 aliphatic rings. The number of nitrogens with one attached hydrogen (secondary N) is 1. The molecule has 2 aromatic carbocycles. The molecule has 6 rings (SSSR count). The van der Waals surface area contributed by atoms with Crippen molar-refractivity contribution in [2.45, 2.75) is 25.5 Å². The lowest BCUT2D eigenvalue weighted by Gasteiger charge is -2.32. The third-order valence-corrected chi connectivity index (χ3v) is 7.91. The van der Waals surface area contributed by atoms with Crippen LogP contribution in [-0.4, -0.2) is 79.9 Å². The number of anilines is 2. The van der Waals surface area contributed by atoms with E-state index in [2.05, 4.69) is 25.1 Å². The number of methoxy groups -OCH3 is 1. The van der Waals surface area contributed by atoms with E-state index in [0.717, 1.165) is 43.9 Å². The first-order chi connectivity index (χ1) is 19.4. The zero-order valence-corrected chi connectivity index (χ0v) is 22.4. The van der Waals surface area contributed by atoms with E-state index >= 15 is 8.78 Å². The van der Waals surface area contributed by atoms with Crippen LogP contribution in [0.3, 0.4) is 0 Å². The van der Waals surface area contributed by atoms with Crippen LogP contribution in [0.5, 0.6) is 0 Å². The average Bonchev–Trinajstić information content (AvgIpc) is 3.42. The van der Waals surface area contributed by atoms with Gasteiger partial charge in [0.05, 0.1) is 19.3 Å². The van der Waals surface area contributed by atoms with Crippen molar-refractivity contribution < 1.29 is 23.0 Å². The molecule has 3 aliphatic heterocycles. The fourth-order valence-electron chi connectivity index (χ4n) is 5.78. The zero-order chi connectivity index (χ0) is 27.8. The molecule has 0 saturated carbocycles. The Morgan fingerprint density at radius 3 is 2.70 bits per heavy atom. The summed E-state index contributed by atoms with van der Waals surface area (Å²) in [5.74, 6) is -2.04. The highest BCUT2D eigenvalue weighted by atomic mass is 19.1. The number of halogens is 2. The topological polar surface area (TPSA) is 106 Å². The number of hydrogen-bond donors (Lipinski definition) is 2. The molecule has 4 heterocycles. The van der Waals surface area contributed by atoms with Gasteiger partial charge in [0.2, 0.25) is 5.95 Å². The monoisotopic (exact) mass is 550 g/mol. The smallest absolute Gasteiger partial charge is 0.251 e. The number of nitrogen functional groups attached to an aromatic ring is 1.